The van der Waals surface area contributed by atoms with Crippen LogP contribution in [0.2, 0.25) is 0 Å². The summed E-state index contributed by atoms with van der Waals surface area (Å²) in [6, 6.07) is -0.419. The molecule has 2 N–H and O–H groups in total. The predicted octanol–water partition coefficient (Wildman–Crippen LogP) is 0.621. The van der Waals surface area contributed by atoms with Crippen LogP contribution < -0.4 is 5.32 Å². The van der Waals surface area contributed by atoms with E-state index in [1.54, 1.807) is 0 Å². The molecule has 0 aromatic carbocycles. The maximum absolute atomic E-state index is 11.8. The number of hydrogen-bond donors (Lipinski definition) is 2. The monoisotopic (exact) mass is 207 g/mol. The highest BCUT2D eigenvalue weighted by Crippen LogP contribution is 2.25. The minimum absolute atomic E-state index is 0.244. The molecule has 0 unspecified atom stereocenters. The van der Waals surface area contributed by atoms with Crippen molar-refractivity contribution in [1.82, 2.24) is 5.32 Å². The summed E-state index contributed by atoms with van der Waals surface area (Å²) in [7, 11) is 0. The van der Waals surface area contributed by atoms with Gasteiger partial charge in [0.1, 0.15) is 0 Å². The fourth-order valence-electron chi connectivity index (χ4n) is 1.60. The maximum Gasteiger partial charge on any atom is 0.315 e. The average Bonchev–Trinajstić information content (AvgIpc) is 2.52. The van der Waals surface area contributed by atoms with Crippen molar-refractivity contribution in [3.8, 4) is 0 Å². The molecular weight excluding hydrogens is 196 g/mol. The van der Waals surface area contributed by atoms with Crippen LogP contribution in [0, 0.1) is 5.92 Å². The number of rotatable bonds is 3. The molecule has 1 amide bonds. The quantitative estimate of drug-likeness (QED) is 0.713. The summed E-state index contributed by atoms with van der Waals surface area (Å²) >= 11 is 0. The van der Waals surface area contributed by atoms with Crippen LogP contribution in [0.5, 0.6) is 0 Å². The Morgan fingerprint density at radius 2 is 2.00 bits per heavy atom. The molecule has 80 valence electrons. The first-order valence-corrected chi connectivity index (χ1v) is 4.32. The predicted molar refractivity (Wildman–Crippen MR) is 42.9 cm³/mol. The van der Waals surface area contributed by atoms with Gasteiger partial charge in [0.25, 0.3) is 5.91 Å². The number of carbonyl (C=O) groups is 2. The van der Waals surface area contributed by atoms with Crippen molar-refractivity contribution in [2.75, 3.05) is 0 Å². The Morgan fingerprint density at radius 1 is 1.36 bits per heavy atom. The van der Waals surface area contributed by atoms with E-state index in [0.717, 1.165) is 0 Å². The van der Waals surface area contributed by atoms with Crippen LogP contribution in [0.25, 0.3) is 0 Å². The van der Waals surface area contributed by atoms with Gasteiger partial charge in [-0.2, -0.15) is 8.78 Å². The highest BCUT2D eigenvalue weighted by molar-refractivity contribution is 5.79. The molecule has 4 nitrogen and oxygen atoms in total. The van der Waals surface area contributed by atoms with E-state index in [9.17, 15) is 18.4 Å². The van der Waals surface area contributed by atoms with Crippen LogP contribution >= 0.6 is 0 Å². The zero-order valence-electron chi connectivity index (χ0n) is 7.37. The second-order valence-corrected chi connectivity index (χ2v) is 3.35. The van der Waals surface area contributed by atoms with Gasteiger partial charge in [-0.05, 0) is 19.3 Å². The third-order valence-electron chi connectivity index (χ3n) is 2.33. The lowest BCUT2D eigenvalue weighted by atomic mass is 10.1. The normalized spacial score (nSPS) is 26.5. The van der Waals surface area contributed by atoms with Crippen molar-refractivity contribution in [1.29, 1.82) is 0 Å². The zero-order chi connectivity index (χ0) is 10.7. The van der Waals surface area contributed by atoms with Gasteiger partial charge in [0.2, 0.25) is 0 Å². The highest BCUT2D eigenvalue weighted by atomic mass is 19.3. The molecule has 14 heavy (non-hydrogen) atoms. The summed E-state index contributed by atoms with van der Waals surface area (Å²) in [6.45, 7) is 0. The largest absolute Gasteiger partial charge is 0.481 e. The molecule has 6 heteroatoms. The Hall–Kier alpha value is -1.20. The molecule has 0 saturated heterocycles. The van der Waals surface area contributed by atoms with E-state index in [4.69, 9.17) is 5.11 Å². The third kappa shape index (κ3) is 2.65. The number of carbonyl (C=O) groups excluding carboxylic acids is 1. The molecular formula is C8H11F2NO3. The van der Waals surface area contributed by atoms with Crippen molar-refractivity contribution in [3.63, 3.8) is 0 Å². The Labute approximate surface area is 79.3 Å². The molecule has 0 aromatic rings. The molecule has 1 aliphatic rings. The van der Waals surface area contributed by atoms with Gasteiger partial charge in [0.05, 0.1) is 5.92 Å². The summed E-state index contributed by atoms with van der Waals surface area (Å²) in [5, 5.41) is 10.7. The van der Waals surface area contributed by atoms with Crippen molar-refractivity contribution < 1.29 is 23.5 Å². The maximum atomic E-state index is 11.8. The van der Waals surface area contributed by atoms with Crippen molar-refractivity contribution in [2.45, 2.75) is 31.7 Å². The molecule has 1 saturated carbocycles. The molecule has 1 rings (SSSR count). The number of amides is 1. The first-order valence-electron chi connectivity index (χ1n) is 4.32. The molecule has 1 aliphatic carbocycles. The van der Waals surface area contributed by atoms with Crippen LogP contribution in [0.1, 0.15) is 19.3 Å². The van der Waals surface area contributed by atoms with Crippen molar-refractivity contribution in [2.24, 2.45) is 5.92 Å². The number of aliphatic carboxylic acids is 1. The molecule has 0 aliphatic heterocycles. The van der Waals surface area contributed by atoms with E-state index in [2.05, 4.69) is 5.32 Å². The molecule has 1 fully saturated rings. The number of carboxylic acids is 1. The number of alkyl halides is 2. The minimum Gasteiger partial charge on any atom is -0.481 e. The molecule has 0 radical (unpaired) electrons. The Bertz CT molecular complexity index is 245. The summed E-state index contributed by atoms with van der Waals surface area (Å²) in [5.74, 6) is -2.77. The van der Waals surface area contributed by atoms with E-state index in [1.165, 1.54) is 0 Å². The van der Waals surface area contributed by atoms with Gasteiger partial charge in [-0.25, -0.2) is 0 Å². The van der Waals surface area contributed by atoms with Crippen LogP contribution in [-0.4, -0.2) is 29.5 Å². The second-order valence-electron chi connectivity index (χ2n) is 3.35. The van der Waals surface area contributed by atoms with Gasteiger partial charge in [-0.1, -0.05) is 0 Å². The van der Waals surface area contributed by atoms with E-state index in [-0.39, 0.29) is 6.42 Å². The van der Waals surface area contributed by atoms with E-state index >= 15 is 0 Å². The minimum atomic E-state index is -3.03. The van der Waals surface area contributed by atoms with Gasteiger partial charge >= 0.3 is 12.4 Å². The van der Waals surface area contributed by atoms with Gasteiger partial charge in [-0.3, -0.25) is 9.59 Å². The van der Waals surface area contributed by atoms with Crippen LogP contribution in [0.15, 0.2) is 0 Å². The third-order valence-corrected chi connectivity index (χ3v) is 2.33. The Balaban J connectivity index is 2.36. The lowest BCUT2D eigenvalue weighted by Crippen LogP contribution is -2.37. The molecule has 2 atom stereocenters. The van der Waals surface area contributed by atoms with E-state index in [1.807, 2.05) is 0 Å². The molecule has 0 heterocycles. The molecule has 0 aromatic heterocycles. The van der Waals surface area contributed by atoms with Gasteiger partial charge < -0.3 is 10.4 Å². The number of halogens is 2. The lowest BCUT2D eigenvalue weighted by molar-refractivity contribution is -0.141. The van der Waals surface area contributed by atoms with Crippen LogP contribution in [0.3, 0.4) is 0 Å². The number of hydrogen-bond acceptors (Lipinski definition) is 2. The fourth-order valence-corrected chi connectivity index (χ4v) is 1.60. The van der Waals surface area contributed by atoms with Gasteiger partial charge in [-0.15, -0.1) is 0 Å². The van der Waals surface area contributed by atoms with E-state index < -0.39 is 30.3 Å². The summed E-state index contributed by atoms with van der Waals surface area (Å²) < 4.78 is 23.6. The standard InChI is InChI=1S/C8H11F2NO3/c9-6(10)7(12)11-5-2-1-4(3-5)8(13)14/h4-6H,1-3H2,(H,11,12)(H,13,14)/t4-,5+/m1/s1. The average molecular weight is 207 g/mol. The smallest absolute Gasteiger partial charge is 0.315 e. The fraction of sp³-hybridized carbons (Fsp3) is 0.750. The molecule has 0 spiro atoms. The van der Waals surface area contributed by atoms with Gasteiger partial charge in [0, 0.05) is 6.04 Å². The van der Waals surface area contributed by atoms with Crippen molar-refractivity contribution >= 4 is 11.9 Å². The Kier molecular flexibility index (Phi) is 3.38. The first-order chi connectivity index (χ1) is 6.50. The zero-order valence-corrected chi connectivity index (χ0v) is 7.37. The highest BCUT2D eigenvalue weighted by Gasteiger charge is 2.31. The summed E-state index contributed by atoms with van der Waals surface area (Å²) in [6.07, 6.45) is -1.90. The van der Waals surface area contributed by atoms with Crippen LogP contribution in [0.4, 0.5) is 8.78 Å². The first kappa shape index (κ1) is 10.9. The summed E-state index contributed by atoms with van der Waals surface area (Å²) in [5.41, 5.74) is 0. The van der Waals surface area contributed by atoms with Gasteiger partial charge in [0.15, 0.2) is 0 Å². The number of nitrogens with one attached hydrogen (secondary N) is 1. The summed E-state index contributed by atoms with van der Waals surface area (Å²) in [4.78, 5) is 21.1. The second kappa shape index (κ2) is 4.34. The number of carboxylic acid groups (broad SMARTS) is 1. The van der Waals surface area contributed by atoms with E-state index in [0.29, 0.717) is 12.8 Å². The Morgan fingerprint density at radius 3 is 2.43 bits per heavy atom. The van der Waals surface area contributed by atoms with Crippen LogP contribution in [-0.2, 0) is 9.59 Å². The lowest BCUT2D eigenvalue weighted by Gasteiger charge is -2.11. The SMILES string of the molecule is O=C(N[C@H]1CC[C@@H](C(=O)O)C1)C(F)F. The topological polar surface area (TPSA) is 66.4 Å². The molecule has 0 bridgehead atoms. The van der Waals surface area contributed by atoms with Crippen molar-refractivity contribution in [3.05, 3.63) is 0 Å².